The first kappa shape index (κ1) is 22.2. The number of carbonyl (C=O) groups is 2. The Kier molecular flexibility index (Phi) is 6.40. The Morgan fingerprint density at radius 3 is 2.75 bits per heavy atom. The fraction of sp³-hybridized carbons (Fsp3) is 0.190. The van der Waals surface area contributed by atoms with Crippen molar-refractivity contribution in [1.29, 1.82) is 0 Å². The van der Waals surface area contributed by atoms with Crippen molar-refractivity contribution in [3.8, 4) is 16.9 Å². The maximum atomic E-state index is 12.4. The van der Waals surface area contributed by atoms with Crippen molar-refractivity contribution in [1.82, 2.24) is 10.3 Å². The van der Waals surface area contributed by atoms with Gasteiger partial charge in [0, 0.05) is 23.0 Å². The molecule has 0 aliphatic carbocycles. The summed E-state index contributed by atoms with van der Waals surface area (Å²) in [5.74, 6) is -0.138. The van der Waals surface area contributed by atoms with Crippen LogP contribution in [0.3, 0.4) is 0 Å². The van der Waals surface area contributed by atoms with Gasteiger partial charge in [0.25, 0.3) is 11.5 Å². The number of benzene rings is 1. The molecule has 1 aromatic carbocycles. The molecule has 2 aromatic heterocycles. The van der Waals surface area contributed by atoms with E-state index in [1.54, 1.807) is 36.4 Å². The van der Waals surface area contributed by atoms with E-state index < -0.39 is 12.2 Å². The van der Waals surface area contributed by atoms with Crippen LogP contribution < -0.4 is 20.5 Å². The summed E-state index contributed by atoms with van der Waals surface area (Å²) in [5, 5.41) is 3.08. The number of rotatable bonds is 6. The van der Waals surface area contributed by atoms with Crippen LogP contribution in [0.5, 0.6) is 5.75 Å². The van der Waals surface area contributed by atoms with Crippen LogP contribution >= 0.6 is 34.5 Å². The third-order valence-electron chi connectivity index (χ3n) is 4.84. The van der Waals surface area contributed by atoms with Crippen LogP contribution in [-0.4, -0.2) is 43.3 Å². The van der Waals surface area contributed by atoms with E-state index in [0.717, 1.165) is 0 Å². The molecule has 1 aliphatic heterocycles. The van der Waals surface area contributed by atoms with Gasteiger partial charge in [-0.2, -0.15) is 0 Å². The van der Waals surface area contributed by atoms with Gasteiger partial charge < -0.3 is 19.8 Å². The molecule has 8 nitrogen and oxygen atoms in total. The number of amides is 2. The van der Waals surface area contributed by atoms with Crippen molar-refractivity contribution >= 4 is 52.2 Å². The van der Waals surface area contributed by atoms with Gasteiger partial charge in [-0.1, -0.05) is 29.3 Å². The lowest BCUT2D eigenvalue weighted by Crippen LogP contribution is -2.34. The van der Waals surface area contributed by atoms with Crippen LogP contribution in [0.4, 0.5) is 10.5 Å². The molecule has 2 N–H and O–H groups in total. The van der Waals surface area contributed by atoms with Crippen molar-refractivity contribution in [3.63, 3.8) is 0 Å². The van der Waals surface area contributed by atoms with E-state index in [9.17, 15) is 14.4 Å². The van der Waals surface area contributed by atoms with E-state index in [4.69, 9.17) is 32.7 Å². The largest absolute Gasteiger partial charge is 0.491 e. The van der Waals surface area contributed by atoms with Crippen LogP contribution in [0, 0.1) is 0 Å². The molecule has 0 unspecified atom stereocenters. The van der Waals surface area contributed by atoms with Crippen LogP contribution in [-0.2, 0) is 4.74 Å². The molecule has 0 spiro atoms. The Morgan fingerprint density at radius 1 is 1.25 bits per heavy atom. The zero-order valence-electron chi connectivity index (χ0n) is 16.7. The molecule has 0 radical (unpaired) electrons. The molecular formula is C21H17Cl2N3O5S. The molecule has 0 saturated carbocycles. The minimum absolute atomic E-state index is 0.144. The zero-order chi connectivity index (χ0) is 22.8. The van der Waals surface area contributed by atoms with Crippen molar-refractivity contribution < 1.29 is 19.1 Å². The summed E-state index contributed by atoms with van der Waals surface area (Å²) in [5.41, 5.74) is 1.28. The van der Waals surface area contributed by atoms with Gasteiger partial charge in [-0.05, 0) is 30.3 Å². The minimum Gasteiger partial charge on any atom is -0.491 e. The van der Waals surface area contributed by atoms with E-state index in [2.05, 4.69) is 10.3 Å². The molecular weight excluding hydrogens is 477 g/mol. The number of pyridine rings is 1. The number of H-pyrrole nitrogens is 1. The number of aromatic amines is 1. The van der Waals surface area contributed by atoms with Gasteiger partial charge in [0.1, 0.15) is 6.10 Å². The maximum Gasteiger partial charge on any atom is 0.414 e. The molecule has 32 heavy (non-hydrogen) atoms. The van der Waals surface area contributed by atoms with E-state index in [1.807, 2.05) is 0 Å². The summed E-state index contributed by atoms with van der Waals surface area (Å²) in [6.07, 6.45) is 0.444. The number of anilines is 1. The number of carbonyl (C=O) groups excluding carboxylic acids is 2. The standard InChI is InChI=1S/C21H17Cl2N3O5S/c1-30-18-14(6-7-24-20(18)28)13-3-2-11(8-15(13)22)26-10-12(31-21(26)29)9-25-19(27)16-4-5-17(23)32-16/h2-8,12H,9-10H2,1H3,(H,24,28)(H,25,27)/t12-/m0/s1. The Balaban J connectivity index is 1.47. The molecule has 4 rings (SSSR count). The number of nitrogens with zero attached hydrogens (tertiary/aromatic N) is 1. The summed E-state index contributed by atoms with van der Waals surface area (Å²) < 4.78 is 11.1. The quantitative estimate of drug-likeness (QED) is 0.536. The third-order valence-corrected chi connectivity index (χ3v) is 6.38. The first-order valence-electron chi connectivity index (χ1n) is 9.44. The SMILES string of the molecule is COc1c(-c2ccc(N3C[C@H](CNC(=O)c4ccc(Cl)s4)OC3=O)cc2Cl)cc[nH]c1=O. The molecule has 11 heteroatoms. The molecule has 1 aliphatic rings. The second-order valence-corrected chi connectivity index (χ2v) is 8.97. The van der Waals surface area contributed by atoms with E-state index in [0.29, 0.717) is 31.1 Å². The van der Waals surface area contributed by atoms with Gasteiger partial charge in [-0.25, -0.2) is 4.79 Å². The Labute approximate surface area is 196 Å². The van der Waals surface area contributed by atoms with Crippen LogP contribution in [0.15, 0.2) is 47.4 Å². The minimum atomic E-state index is -0.541. The average molecular weight is 494 g/mol. The number of cyclic esters (lactones) is 1. The van der Waals surface area contributed by atoms with Crippen molar-refractivity contribution in [3.05, 3.63) is 67.2 Å². The van der Waals surface area contributed by atoms with Gasteiger partial charge in [0.2, 0.25) is 0 Å². The molecule has 0 bridgehead atoms. The molecule has 3 heterocycles. The van der Waals surface area contributed by atoms with Crippen LogP contribution in [0.2, 0.25) is 9.36 Å². The zero-order valence-corrected chi connectivity index (χ0v) is 19.0. The molecule has 3 aromatic rings. The van der Waals surface area contributed by atoms with E-state index in [-0.39, 0.29) is 30.3 Å². The number of halogens is 2. The highest BCUT2D eigenvalue weighted by Crippen LogP contribution is 2.36. The number of aromatic nitrogens is 1. The number of hydrogen-bond donors (Lipinski definition) is 2. The predicted octanol–water partition coefficient (Wildman–Crippen LogP) is 4.17. The van der Waals surface area contributed by atoms with Crippen molar-refractivity contribution in [2.45, 2.75) is 6.10 Å². The van der Waals surface area contributed by atoms with Gasteiger partial charge in [0.05, 0.1) is 34.4 Å². The van der Waals surface area contributed by atoms with Gasteiger partial charge in [0.15, 0.2) is 5.75 Å². The van der Waals surface area contributed by atoms with E-state index >= 15 is 0 Å². The topological polar surface area (TPSA) is 101 Å². The van der Waals surface area contributed by atoms with Gasteiger partial charge >= 0.3 is 6.09 Å². The van der Waals surface area contributed by atoms with E-state index in [1.165, 1.54) is 29.5 Å². The number of hydrogen-bond acceptors (Lipinski definition) is 6. The lowest BCUT2D eigenvalue weighted by molar-refractivity contribution is 0.0920. The fourth-order valence-corrected chi connectivity index (χ4v) is 4.57. The highest BCUT2D eigenvalue weighted by molar-refractivity contribution is 7.18. The number of nitrogens with one attached hydrogen (secondary N) is 2. The Bertz CT molecular complexity index is 1240. The van der Waals surface area contributed by atoms with Crippen molar-refractivity contribution in [2.24, 2.45) is 0 Å². The van der Waals surface area contributed by atoms with Gasteiger partial charge in [-0.3, -0.25) is 14.5 Å². The second kappa shape index (κ2) is 9.23. The molecule has 2 amide bonds. The Hall–Kier alpha value is -3.01. The molecule has 1 fully saturated rings. The van der Waals surface area contributed by atoms with Crippen LogP contribution in [0.1, 0.15) is 9.67 Å². The smallest absolute Gasteiger partial charge is 0.414 e. The number of methoxy groups -OCH3 is 1. The lowest BCUT2D eigenvalue weighted by Gasteiger charge is -2.16. The lowest BCUT2D eigenvalue weighted by atomic mass is 10.1. The van der Waals surface area contributed by atoms with Gasteiger partial charge in [-0.15, -0.1) is 11.3 Å². The predicted molar refractivity (Wildman–Crippen MR) is 123 cm³/mol. The monoisotopic (exact) mass is 493 g/mol. The highest BCUT2D eigenvalue weighted by Gasteiger charge is 2.33. The number of ether oxygens (including phenoxy) is 2. The molecule has 166 valence electrons. The highest BCUT2D eigenvalue weighted by atomic mass is 35.5. The summed E-state index contributed by atoms with van der Waals surface area (Å²) in [7, 11) is 1.41. The first-order chi connectivity index (χ1) is 15.4. The molecule has 1 saturated heterocycles. The Morgan fingerprint density at radius 2 is 2.06 bits per heavy atom. The van der Waals surface area contributed by atoms with Crippen LogP contribution in [0.25, 0.3) is 11.1 Å². The fourth-order valence-electron chi connectivity index (χ4n) is 3.34. The maximum absolute atomic E-state index is 12.4. The normalized spacial score (nSPS) is 15.5. The molecule has 1 atom stereocenters. The van der Waals surface area contributed by atoms with Crippen molar-refractivity contribution in [2.75, 3.05) is 25.1 Å². The first-order valence-corrected chi connectivity index (χ1v) is 11.0. The second-order valence-electron chi connectivity index (χ2n) is 6.85. The summed E-state index contributed by atoms with van der Waals surface area (Å²) in [6.45, 7) is 0.403. The average Bonchev–Trinajstić information content (AvgIpc) is 3.37. The number of thiophene rings is 1. The summed E-state index contributed by atoms with van der Waals surface area (Å²) in [4.78, 5) is 41.0. The summed E-state index contributed by atoms with van der Waals surface area (Å²) in [6, 6.07) is 10.00. The third kappa shape index (κ3) is 4.45. The summed E-state index contributed by atoms with van der Waals surface area (Å²) >= 11 is 13.5.